The molecule has 0 bridgehead atoms. The second kappa shape index (κ2) is 5.46. The summed E-state index contributed by atoms with van der Waals surface area (Å²) < 4.78 is 0. The van der Waals surface area contributed by atoms with Crippen molar-refractivity contribution in [2.24, 2.45) is 5.73 Å². The second-order valence-electron chi connectivity index (χ2n) is 4.43. The largest absolute Gasteiger partial charge is 0.352 e. The van der Waals surface area contributed by atoms with Gasteiger partial charge in [-0.2, -0.15) is 11.3 Å². The molecule has 16 heavy (non-hydrogen) atoms. The molecule has 0 spiro atoms. The van der Waals surface area contributed by atoms with E-state index in [-0.39, 0.29) is 18.0 Å². The lowest BCUT2D eigenvalue weighted by atomic mass is 9.91. The Kier molecular flexibility index (Phi) is 3.96. The van der Waals surface area contributed by atoms with Crippen LogP contribution >= 0.6 is 11.3 Å². The average molecular weight is 238 g/mol. The summed E-state index contributed by atoms with van der Waals surface area (Å²) in [5.41, 5.74) is 7.08. The Hall–Kier alpha value is -0.870. The summed E-state index contributed by atoms with van der Waals surface area (Å²) in [4.78, 5) is 11.8. The van der Waals surface area contributed by atoms with Gasteiger partial charge in [-0.15, -0.1) is 0 Å². The van der Waals surface area contributed by atoms with Crippen LogP contribution in [0.2, 0.25) is 0 Å². The van der Waals surface area contributed by atoms with E-state index in [4.69, 9.17) is 5.73 Å². The van der Waals surface area contributed by atoms with Crippen molar-refractivity contribution in [3.8, 4) is 0 Å². The van der Waals surface area contributed by atoms with Crippen LogP contribution in [0.5, 0.6) is 0 Å². The molecule has 0 aliphatic heterocycles. The van der Waals surface area contributed by atoms with Crippen LogP contribution in [0.25, 0.3) is 0 Å². The van der Waals surface area contributed by atoms with Crippen LogP contribution in [0, 0.1) is 0 Å². The highest BCUT2D eigenvalue weighted by Crippen LogP contribution is 2.17. The van der Waals surface area contributed by atoms with Gasteiger partial charge in [0, 0.05) is 12.1 Å². The lowest BCUT2D eigenvalue weighted by molar-refractivity contribution is -0.121. The molecule has 3 nitrogen and oxygen atoms in total. The van der Waals surface area contributed by atoms with Crippen LogP contribution in [-0.4, -0.2) is 18.0 Å². The monoisotopic (exact) mass is 238 g/mol. The van der Waals surface area contributed by atoms with Gasteiger partial charge in [0.25, 0.3) is 0 Å². The maximum Gasteiger partial charge on any atom is 0.224 e. The summed E-state index contributed by atoms with van der Waals surface area (Å²) in [6.45, 7) is 0. The number of amides is 1. The van der Waals surface area contributed by atoms with E-state index in [1.165, 1.54) is 12.8 Å². The first-order valence-electron chi connectivity index (χ1n) is 5.82. The lowest BCUT2D eigenvalue weighted by Gasteiger charge is -2.29. The van der Waals surface area contributed by atoms with Crippen LogP contribution in [0.15, 0.2) is 16.8 Å². The standard InChI is InChI=1S/C12H18N2OS/c13-10-3-1-2-4-11(10)14-12(15)7-9-5-6-16-8-9/h5-6,8,10-11H,1-4,7,13H2,(H,14,15)/t10-,11-/m0/s1. The molecule has 4 heteroatoms. The Morgan fingerprint density at radius 2 is 2.31 bits per heavy atom. The van der Waals surface area contributed by atoms with Crippen molar-refractivity contribution in [1.29, 1.82) is 0 Å². The molecular weight excluding hydrogens is 220 g/mol. The summed E-state index contributed by atoms with van der Waals surface area (Å²) in [5.74, 6) is 0.0979. The average Bonchev–Trinajstić information content (AvgIpc) is 2.74. The minimum atomic E-state index is 0.0979. The van der Waals surface area contributed by atoms with E-state index in [1.54, 1.807) is 11.3 Å². The third-order valence-corrected chi connectivity index (χ3v) is 3.84. The number of nitrogens with one attached hydrogen (secondary N) is 1. The molecule has 1 aliphatic carbocycles. The van der Waals surface area contributed by atoms with Gasteiger partial charge in [0.15, 0.2) is 0 Å². The molecule has 1 aromatic heterocycles. The van der Waals surface area contributed by atoms with Gasteiger partial charge >= 0.3 is 0 Å². The highest BCUT2D eigenvalue weighted by Gasteiger charge is 2.23. The van der Waals surface area contributed by atoms with Crippen LogP contribution in [-0.2, 0) is 11.2 Å². The number of carbonyl (C=O) groups is 1. The van der Waals surface area contributed by atoms with Gasteiger partial charge in [0.05, 0.1) is 6.42 Å². The van der Waals surface area contributed by atoms with Gasteiger partial charge < -0.3 is 11.1 Å². The number of thiophene rings is 1. The molecule has 1 saturated carbocycles. The van der Waals surface area contributed by atoms with Gasteiger partial charge in [-0.25, -0.2) is 0 Å². The number of hydrogen-bond acceptors (Lipinski definition) is 3. The topological polar surface area (TPSA) is 55.1 Å². The third-order valence-electron chi connectivity index (χ3n) is 3.11. The molecule has 88 valence electrons. The smallest absolute Gasteiger partial charge is 0.224 e. The fourth-order valence-electron chi connectivity index (χ4n) is 2.18. The van der Waals surface area contributed by atoms with E-state index in [1.807, 2.05) is 16.8 Å². The van der Waals surface area contributed by atoms with Gasteiger partial charge in [0.1, 0.15) is 0 Å². The molecule has 0 radical (unpaired) electrons. The van der Waals surface area contributed by atoms with Crippen molar-refractivity contribution in [3.63, 3.8) is 0 Å². The summed E-state index contributed by atoms with van der Waals surface area (Å²) >= 11 is 1.62. The SMILES string of the molecule is N[C@H]1CCCC[C@@H]1NC(=O)Cc1ccsc1. The first-order valence-corrected chi connectivity index (χ1v) is 6.76. The van der Waals surface area contributed by atoms with Crippen LogP contribution in [0.1, 0.15) is 31.2 Å². The summed E-state index contributed by atoms with van der Waals surface area (Å²) in [6.07, 6.45) is 4.90. The molecule has 1 aliphatic rings. The van der Waals surface area contributed by atoms with E-state index in [2.05, 4.69) is 5.32 Å². The normalized spacial score (nSPS) is 25.3. The fourth-order valence-corrected chi connectivity index (χ4v) is 2.84. The lowest BCUT2D eigenvalue weighted by Crippen LogP contribution is -2.49. The Morgan fingerprint density at radius 1 is 1.50 bits per heavy atom. The molecule has 1 heterocycles. The molecule has 1 aromatic rings. The molecule has 0 saturated heterocycles. The highest BCUT2D eigenvalue weighted by molar-refractivity contribution is 7.07. The number of nitrogens with two attached hydrogens (primary N) is 1. The zero-order chi connectivity index (χ0) is 11.4. The maximum atomic E-state index is 11.8. The molecular formula is C12H18N2OS. The Labute approximate surface area is 100 Å². The van der Waals surface area contributed by atoms with E-state index in [0.717, 1.165) is 18.4 Å². The first kappa shape index (κ1) is 11.6. The molecule has 1 amide bonds. The first-order chi connectivity index (χ1) is 7.75. The summed E-state index contributed by atoms with van der Waals surface area (Å²) in [6, 6.07) is 2.31. The minimum Gasteiger partial charge on any atom is -0.352 e. The molecule has 0 aromatic carbocycles. The maximum absolute atomic E-state index is 11.8. The second-order valence-corrected chi connectivity index (χ2v) is 5.21. The predicted octanol–water partition coefficient (Wildman–Crippen LogP) is 1.68. The fraction of sp³-hybridized carbons (Fsp3) is 0.583. The molecule has 2 rings (SSSR count). The zero-order valence-electron chi connectivity index (χ0n) is 9.32. The third kappa shape index (κ3) is 3.06. The van der Waals surface area contributed by atoms with Gasteiger partial charge in [-0.3, -0.25) is 4.79 Å². The Balaban J connectivity index is 1.82. The molecule has 2 atom stereocenters. The Morgan fingerprint density at radius 3 is 3.00 bits per heavy atom. The van der Waals surface area contributed by atoms with E-state index in [0.29, 0.717) is 6.42 Å². The highest BCUT2D eigenvalue weighted by atomic mass is 32.1. The van der Waals surface area contributed by atoms with E-state index in [9.17, 15) is 4.79 Å². The Bertz CT molecular complexity index is 337. The molecule has 0 unspecified atom stereocenters. The zero-order valence-corrected chi connectivity index (χ0v) is 10.1. The van der Waals surface area contributed by atoms with Crippen molar-refractivity contribution in [2.75, 3.05) is 0 Å². The molecule has 1 fully saturated rings. The van der Waals surface area contributed by atoms with E-state index >= 15 is 0 Å². The van der Waals surface area contributed by atoms with Gasteiger partial charge in [-0.05, 0) is 35.2 Å². The van der Waals surface area contributed by atoms with Crippen molar-refractivity contribution in [2.45, 2.75) is 44.2 Å². The number of carbonyl (C=O) groups excluding carboxylic acids is 1. The minimum absolute atomic E-state index is 0.0979. The summed E-state index contributed by atoms with van der Waals surface area (Å²) in [5, 5.41) is 7.06. The van der Waals surface area contributed by atoms with E-state index < -0.39 is 0 Å². The van der Waals surface area contributed by atoms with Crippen molar-refractivity contribution in [3.05, 3.63) is 22.4 Å². The van der Waals surface area contributed by atoms with Crippen molar-refractivity contribution in [1.82, 2.24) is 5.32 Å². The predicted molar refractivity (Wildman–Crippen MR) is 66.4 cm³/mol. The summed E-state index contributed by atoms with van der Waals surface area (Å²) in [7, 11) is 0. The number of rotatable bonds is 3. The molecule has 3 N–H and O–H groups in total. The van der Waals surface area contributed by atoms with Crippen molar-refractivity contribution < 1.29 is 4.79 Å². The van der Waals surface area contributed by atoms with Gasteiger partial charge in [-0.1, -0.05) is 12.8 Å². The van der Waals surface area contributed by atoms with Crippen LogP contribution in [0.4, 0.5) is 0 Å². The number of hydrogen-bond donors (Lipinski definition) is 2. The van der Waals surface area contributed by atoms with Gasteiger partial charge in [0.2, 0.25) is 5.91 Å². The van der Waals surface area contributed by atoms with Crippen LogP contribution in [0.3, 0.4) is 0 Å². The van der Waals surface area contributed by atoms with Crippen LogP contribution < -0.4 is 11.1 Å². The van der Waals surface area contributed by atoms with Crippen molar-refractivity contribution >= 4 is 17.2 Å². The quantitative estimate of drug-likeness (QED) is 0.841.